The van der Waals surface area contributed by atoms with Crippen molar-refractivity contribution in [1.82, 2.24) is 4.90 Å². The number of carbonyl (C=O) groups is 2. The molecule has 1 aromatic carbocycles. The summed E-state index contributed by atoms with van der Waals surface area (Å²) < 4.78 is 40.3. The molecule has 0 radical (unpaired) electrons. The first-order chi connectivity index (χ1) is 14.6. The Morgan fingerprint density at radius 3 is 2.39 bits per heavy atom. The predicted octanol–water partition coefficient (Wildman–Crippen LogP) is 3.05. The number of primary amides is 1. The zero-order valence-corrected chi connectivity index (χ0v) is 17.1. The number of anilines is 1. The minimum absolute atomic E-state index is 0.131. The maximum atomic E-state index is 13.4. The molecule has 2 amide bonds. The lowest BCUT2D eigenvalue weighted by molar-refractivity contribution is -0.140. The second kappa shape index (κ2) is 7.74. The van der Waals surface area contributed by atoms with Gasteiger partial charge >= 0.3 is 6.18 Å². The van der Waals surface area contributed by atoms with Gasteiger partial charge in [-0.2, -0.15) is 18.4 Å². The highest BCUT2D eigenvalue weighted by molar-refractivity contribution is 5.85. The Morgan fingerprint density at radius 1 is 1.19 bits per heavy atom. The van der Waals surface area contributed by atoms with E-state index in [9.17, 15) is 22.8 Å². The second-order valence-corrected chi connectivity index (χ2v) is 9.04. The van der Waals surface area contributed by atoms with Crippen LogP contribution in [-0.2, 0) is 15.8 Å². The standard InChI is InChI=1S/C22H25F3N4O2/c23-22(24,25)17-10-16(5-4-15(17)12-26)29-13-21(11-18(29)19(27)30)6-8-28(9-7-21)20(31)14-2-1-3-14/h4-5,10,14,18H,1-3,6-9,11,13H2,(H2,27,30). The summed E-state index contributed by atoms with van der Waals surface area (Å²) in [6.07, 6.45) is 0.135. The van der Waals surface area contributed by atoms with Crippen LogP contribution >= 0.6 is 0 Å². The molecule has 0 aromatic heterocycles. The SMILES string of the molecule is N#Cc1ccc(N2CC3(CCN(C(=O)C4CCC4)CC3)CC2C(N)=O)cc1C(F)(F)F. The van der Waals surface area contributed by atoms with Gasteiger partial charge in [0.05, 0.1) is 17.2 Å². The lowest BCUT2D eigenvalue weighted by Crippen LogP contribution is -2.47. The number of hydrogen-bond donors (Lipinski definition) is 1. The molecular formula is C22H25F3N4O2. The molecule has 1 saturated carbocycles. The summed E-state index contributed by atoms with van der Waals surface area (Å²) in [5, 5.41) is 9.04. The average molecular weight is 434 g/mol. The zero-order chi connectivity index (χ0) is 22.4. The van der Waals surface area contributed by atoms with E-state index >= 15 is 0 Å². The first-order valence-electron chi connectivity index (χ1n) is 10.6. The maximum absolute atomic E-state index is 13.4. The second-order valence-electron chi connectivity index (χ2n) is 9.04. The van der Waals surface area contributed by atoms with E-state index in [2.05, 4.69) is 0 Å². The predicted molar refractivity (Wildman–Crippen MR) is 107 cm³/mol. The fraction of sp³-hybridized carbons (Fsp3) is 0.591. The van der Waals surface area contributed by atoms with Gasteiger partial charge in [-0.1, -0.05) is 6.42 Å². The smallest absolute Gasteiger partial charge is 0.368 e. The van der Waals surface area contributed by atoms with Crippen LogP contribution in [0.3, 0.4) is 0 Å². The van der Waals surface area contributed by atoms with Gasteiger partial charge in [0.1, 0.15) is 6.04 Å². The van der Waals surface area contributed by atoms with E-state index in [0.717, 1.165) is 31.4 Å². The molecule has 1 atom stereocenters. The molecule has 2 aliphatic heterocycles. The van der Waals surface area contributed by atoms with Gasteiger partial charge in [0, 0.05) is 31.2 Å². The van der Waals surface area contributed by atoms with Gasteiger partial charge in [0.15, 0.2) is 0 Å². The molecule has 166 valence electrons. The van der Waals surface area contributed by atoms with E-state index in [1.165, 1.54) is 6.07 Å². The van der Waals surface area contributed by atoms with Crippen molar-refractivity contribution in [2.45, 2.75) is 50.7 Å². The molecule has 2 saturated heterocycles. The Labute approximate surface area is 178 Å². The van der Waals surface area contributed by atoms with Crippen LogP contribution in [0, 0.1) is 22.7 Å². The van der Waals surface area contributed by atoms with Crippen LogP contribution in [0.25, 0.3) is 0 Å². The molecule has 1 aromatic rings. The van der Waals surface area contributed by atoms with Gasteiger partial charge in [-0.25, -0.2) is 0 Å². The number of nitriles is 1. The third-order valence-corrected chi connectivity index (χ3v) is 7.19. The Hall–Kier alpha value is -2.76. The topological polar surface area (TPSA) is 90.4 Å². The number of benzene rings is 1. The van der Waals surface area contributed by atoms with Gasteiger partial charge < -0.3 is 15.5 Å². The highest BCUT2D eigenvalue weighted by Gasteiger charge is 2.49. The molecular weight excluding hydrogens is 409 g/mol. The monoisotopic (exact) mass is 434 g/mol. The summed E-state index contributed by atoms with van der Waals surface area (Å²) in [5.74, 6) is -0.251. The summed E-state index contributed by atoms with van der Waals surface area (Å²) >= 11 is 0. The molecule has 3 aliphatic rings. The molecule has 6 nitrogen and oxygen atoms in total. The summed E-state index contributed by atoms with van der Waals surface area (Å²) in [6, 6.07) is 4.37. The largest absolute Gasteiger partial charge is 0.417 e. The van der Waals surface area contributed by atoms with E-state index in [4.69, 9.17) is 11.0 Å². The van der Waals surface area contributed by atoms with Crippen LogP contribution in [0.5, 0.6) is 0 Å². The fourth-order valence-electron chi connectivity index (χ4n) is 5.10. The molecule has 31 heavy (non-hydrogen) atoms. The molecule has 0 bridgehead atoms. The number of carbonyl (C=O) groups excluding carboxylic acids is 2. The highest BCUT2D eigenvalue weighted by Crippen LogP contribution is 2.46. The van der Waals surface area contributed by atoms with Crippen molar-refractivity contribution in [3.8, 4) is 6.07 Å². The van der Waals surface area contributed by atoms with Gasteiger partial charge in [0.25, 0.3) is 0 Å². The molecule has 1 unspecified atom stereocenters. The number of nitrogens with two attached hydrogens (primary N) is 1. The number of piperidine rings is 1. The van der Waals surface area contributed by atoms with Crippen molar-refractivity contribution in [2.24, 2.45) is 17.1 Å². The molecule has 4 rings (SSSR count). The van der Waals surface area contributed by atoms with E-state index in [0.29, 0.717) is 38.9 Å². The fourth-order valence-corrected chi connectivity index (χ4v) is 5.10. The minimum atomic E-state index is -4.67. The summed E-state index contributed by atoms with van der Waals surface area (Å²) in [4.78, 5) is 28.2. The van der Waals surface area contributed by atoms with E-state index in [1.807, 2.05) is 4.90 Å². The van der Waals surface area contributed by atoms with Gasteiger partial charge in [-0.3, -0.25) is 9.59 Å². The third-order valence-electron chi connectivity index (χ3n) is 7.19. The van der Waals surface area contributed by atoms with Crippen molar-refractivity contribution in [3.63, 3.8) is 0 Å². The number of nitrogens with zero attached hydrogens (tertiary/aromatic N) is 3. The molecule has 9 heteroatoms. The molecule has 1 aliphatic carbocycles. The van der Waals surface area contributed by atoms with Crippen molar-refractivity contribution < 1.29 is 22.8 Å². The maximum Gasteiger partial charge on any atom is 0.417 e. The Kier molecular flexibility index (Phi) is 5.36. The Balaban J connectivity index is 1.55. The normalized spacial score (nSPS) is 23.5. The van der Waals surface area contributed by atoms with E-state index in [-0.39, 0.29) is 22.9 Å². The summed E-state index contributed by atoms with van der Waals surface area (Å²) in [7, 11) is 0. The van der Waals surface area contributed by atoms with Gasteiger partial charge in [0.2, 0.25) is 11.8 Å². The number of alkyl halides is 3. The molecule has 1 spiro atoms. The molecule has 2 N–H and O–H groups in total. The average Bonchev–Trinajstić information content (AvgIpc) is 3.05. The highest BCUT2D eigenvalue weighted by atomic mass is 19.4. The number of hydrogen-bond acceptors (Lipinski definition) is 4. The van der Waals surface area contributed by atoms with Crippen molar-refractivity contribution in [2.75, 3.05) is 24.5 Å². The lowest BCUT2D eigenvalue weighted by Gasteiger charge is -2.41. The van der Waals surface area contributed by atoms with Crippen LogP contribution < -0.4 is 10.6 Å². The van der Waals surface area contributed by atoms with Crippen molar-refractivity contribution in [3.05, 3.63) is 29.3 Å². The summed E-state index contributed by atoms with van der Waals surface area (Å²) in [6.45, 7) is 1.58. The van der Waals surface area contributed by atoms with Gasteiger partial charge in [-0.15, -0.1) is 0 Å². The zero-order valence-electron chi connectivity index (χ0n) is 17.1. The van der Waals surface area contributed by atoms with Crippen LogP contribution in [0.4, 0.5) is 18.9 Å². The molecule has 3 fully saturated rings. The Morgan fingerprint density at radius 2 is 1.87 bits per heavy atom. The van der Waals surface area contributed by atoms with Gasteiger partial charge in [-0.05, 0) is 55.7 Å². The van der Waals surface area contributed by atoms with Crippen LogP contribution in [0.2, 0.25) is 0 Å². The number of amides is 2. The number of halogens is 3. The van der Waals surface area contributed by atoms with Crippen molar-refractivity contribution >= 4 is 17.5 Å². The molecule has 2 heterocycles. The number of likely N-dealkylation sites (tertiary alicyclic amines) is 1. The lowest BCUT2D eigenvalue weighted by atomic mass is 9.75. The van der Waals surface area contributed by atoms with Crippen LogP contribution in [0.15, 0.2) is 18.2 Å². The quantitative estimate of drug-likeness (QED) is 0.792. The van der Waals surface area contributed by atoms with E-state index in [1.54, 1.807) is 11.0 Å². The van der Waals surface area contributed by atoms with E-state index < -0.39 is 29.3 Å². The number of rotatable bonds is 3. The third kappa shape index (κ3) is 3.95. The first-order valence-corrected chi connectivity index (χ1v) is 10.6. The summed E-state index contributed by atoms with van der Waals surface area (Å²) in [5.41, 5.74) is 4.11. The first kappa shape index (κ1) is 21.5. The van der Waals surface area contributed by atoms with Crippen LogP contribution in [-0.4, -0.2) is 42.4 Å². The minimum Gasteiger partial charge on any atom is -0.368 e. The van der Waals surface area contributed by atoms with Crippen LogP contribution in [0.1, 0.15) is 49.7 Å². The van der Waals surface area contributed by atoms with Crippen molar-refractivity contribution in [1.29, 1.82) is 5.26 Å². The Bertz CT molecular complexity index is 928.